The average molecular weight is 573 g/mol. The van der Waals surface area contributed by atoms with E-state index < -0.39 is 23.7 Å². The van der Waals surface area contributed by atoms with Gasteiger partial charge in [-0.05, 0) is 76.9 Å². The van der Waals surface area contributed by atoms with Gasteiger partial charge in [0.05, 0.1) is 15.5 Å². The highest BCUT2D eigenvalue weighted by molar-refractivity contribution is 9.10. The van der Waals surface area contributed by atoms with E-state index in [2.05, 4.69) is 15.9 Å². The highest BCUT2D eigenvalue weighted by Crippen LogP contribution is 2.34. The molecule has 33 heavy (non-hydrogen) atoms. The number of esters is 1. The molecule has 1 aliphatic rings. The molecule has 0 radical (unpaired) electrons. The van der Waals surface area contributed by atoms with Crippen molar-refractivity contribution in [3.63, 3.8) is 0 Å². The lowest BCUT2D eigenvalue weighted by Crippen LogP contribution is -2.35. The van der Waals surface area contributed by atoms with Crippen LogP contribution in [-0.2, 0) is 20.9 Å². The van der Waals surface area contributed by atoms with Crippen LogP contribution in [0.15, 0.2) is 45.8 Å². The number of hydrogen-bond acceptors (Lipinski definition) is 6. The molecule has 174 valence electrons. The largest absolute Gasteiger partial charge is 0.488 e. The second kappa shape index (κ2) is 11.4. The van der Waals surface area contributed by atoms with Gasteiger partial charge in [-0.2, -0.15) is 0 Å². The van der Waals surface area contributed by atoms with Crippen LogP contribution in [0.1, 0.15) is 31.4 Å². The van der Waals surface area contributed by atoms with Gasteiger partial charge in [-0.15, -0.1) is 0 Å². The number of carbonyl (C=O) groups excluding carboxylic acids is 3. The van der Waals surface area contributed by atoms with Gasteiger partial charge in [0.1, 0.15) is 18.9 Å². The fraction of sp³-hybridized carbons (Fsp3) is 0.261. The Labute approximate surface area is 214 Å². The molecule has 1 fully saturated rings. The summed E-state index contributed by atoms with van der Waals surface area (Å²) in [6.45, 7) is 3.47. The molecule has 0 N–H and O–H groups in total. The Morgan fingerprint density at radius 3 is 2.64 bits per heavy atom. The zero-order chi connectivity index (χ0) is 24.1. The van der Waals surface area contributed by atoms with Crippen molar-refractivity contribution in [3.05, 3.63) is 66.9 Å². The topological polar surface area (TPSA) is 72.9 Å². The van der Waals surface area contributed by atoms with Crippen molar-refractivity contribution in [2.75, 3.05) is 6.54 Å². The molecule has 0 aromatic heterocycles. The van der Waals surface area contributed by atoms with Crippen LogP contribution in [0.25, 0.3) is 6.08 Å². The normalized spacial score (nSPS) is 15.8. The second-order valence-corrected chi connectivity index (χ2v) is 9.88. The van der Waals surface area contributed by atoms with E-state index in [-0.39, 0.29) is 17.6 Å². The van der Waals surface area contributed by atoms with Crippen LogP contribution in [0.2, 0.25) is 10.0 Å². The number of rotatable bonds is 8. The molecule has 0 aliphatic carbocycles. The number of nitrogens with zero attached hydrogens (tertiary/aromatic N) is 1. The molecule has 0 bridgehead atoms. The number of amides is 2. The second-order valence-electron chi connectivity index (χ2n) is 7.19. The molecule has 0 saturated carbocycles. The van der Waals surface area contributed by atoms with E-state index in [9.17, 15) is 14.4 Å². The Balaban J connectivity index is 1.67. The Morgan fingerprint density at radius 1 is 1.21 bits per heavy atom. The van der Waals surface area contributed by atoms with Crippen LogP contribution >= 0.6 is 50.9 Å². The number of hydrogen-bond donors (Lipinski definition) is 0. The minimum absolute atomic E-state index is 0.227. The van der Waals surface area contributed by atoms with Crippen molar-refractivity contribution < 1.29 is 23.9 Å². The van der Waals surface area contributed by atoms with Crippen molar-refractivity contribution in [3.8, 4) is 5.75 Å². The van der Waals surface area contributed by atoms with Crippen LogP contribution in [0.5, 0.6) is 5.75 Å². The maximum Gasteiger partial charge on any atom is 0.326 e. The minimum Gasteiger partial charge on any atom is -0.488 e. The summed E-state index contributed by atoms with van der Waals surface area (Å²) in [5, 5.41) is 0.552. The van der Waals surface area contributed by atoms with Gasteiger partial charge in [0.2, 0.25) is 0 Å². The Hall–Kier alpha value is -2.00. The SMILES string of the molecule is CC[C@@H](C)OC(=O)CN1C(=O)S/C(=C/c2ccc(OCc3ccc(Cl)cc3Cl)c(Br)c2)C1=O. The van der Waals surface area contributed by atoms with Gasteiger partial charge in [-0.3, -0.25) is 19.3 Å². The summed E-state index contributed by atoms with van der Waals surface area (Å²) >= 11 is 16.3. The van der Waals surface area contributed by atoms with Gasteiger partial charge in [-0.25, -0.2) is 0 Å². The third kappa shape index (κ3) is 6.76. The Morgan fingerprint density at radius 2 is 1.97 bits per heavy atom. The highest BCUT2D eigenvalue weighted by atomic mass is 79.9. The van der Waals surface area contributed by atoms with Gasteiger partial charge in [0.15, 0.2) is 0 Å². The molecule has 3 rings (SSSR count). The standard InChI is InChI=1S/C23H20BrCl2NO5S/c1-3-13(2)32-21(28)11-27-22(29)20(33-23(27)30)9-14-4-7-19(17(24)8-14)31-12-15-5-6-16(25)10-18(15)26/h4-10,13H,3,11-12H2,1-2H3/b20-9+/t13-/m1/s1. The average Bonchev–Trinajstić information content (AvgIpc) is 3.01. The monoisotopic (exact) mass is 571 g/mol. The van der Waals surface area contributed by atoms with Crippen molar-refractivity contribution in [2.45, 2.75) is 33.0 Å². The third-order valence-electron chi connectivity index (χ3n) is 4.72. The predicted molar refractivity (Wildman–Crippen MR) is 133 cm³/mol. The van der Waals surface area contributed by atoms with Crippen LogP contribution < -0.4 is 4.74 Å². The maximum atomic E-state index is 12.6. The summed E-state index contributed by atoms with van der Waals surface area (Å²) in [7, 11) is 0. The molecule has 6 nitrogen and oxygen atoms in total. The lowest BCUT2D eigenvalue weighted by Gasteiger charge is -2.14. The van der Waals surface area contributed by atoms with Crippen LogP contribution in [-0.4, -0.2) is 34.7 Å². The minimum atomic E-state index is -0.613. The predicted octanol–water partition coefficient (Wildman–Crippen LogP) is 6.71. The van der Waals surface area contributed by atoms with Crippen molar-refractivity contribution in [2.24, 2.45) is 0 Å². The van der Waals surface area contributed by atoms with Gasteiger partial charge in [0, 0.05) is 15.6 Å². The smallest absolute Gasteiger partial charge is 0.326 e. The number of thioether (sulfide) groups is 1. The van der Waals surface area contributed by atoms with Crippen molar-refractivity contribution in [1.82, 2.24) is 4.90 Å². The number of carbonyl (C=O) groups is 3. The molecule has 0 unspecified atom stereocenters. The first-order chi connectivity index (χ1) is 15.7. The van der Waals surface area contributed by atoms with E-state index in [4.69, 9.17) is 32.7 Å². The molecule has 0 spiro atoms. The lowest BCUT2D eigenvalue weighted by atomic mass is 10.2. The van der Waals surface area contributed by atoms with E-state index >= 15 is 0 Å². The van der Waals surface area contributed by atoms with Gasteiger partial charge in [0.25, 0.3) is 11.1 Å². The number of halogens is 3. The first kappa shape index (κ1) is 25.6. The van der Waals surface area contributed by atoms with Crippen LogP contribution in [0, 0.1) is 0 Å². The molecular formula is C23H20BrCl2NO5S. The fourth-order valence-corrected chi connectivity index (χ4v) is 4.59. The number of imide groups is 1. The molecule has 10 heteroatoms. The van der Waals surface area contributed by atoms with E-state index in [1.807, 2.05) is 6.92 Å². The van der Waals surface area contributed by atoms with E-state index in [1.54, 1.807) is 49.4 Å². The Bertz CT molecular complexity index is 1120. The molecule has 1 aliphatic heterocycles. The quantitative estimate of drug-likeness (QED) is 0.258. The highest BCUT2D eigenvalue weighted by Gasteiger charge is 2.36. The third-order valence-corrected chi connectivity index (χ3v) is 6.83. The molecule has 2 amide bonds. The van der Waals surface area contributed by atoms with Gasteiger partial charge >= 0.3 is 5.97 Å². The summed E-state index contributed by atoms with van der Waals surface area (Å²) in [5.74, 6) is -0.558. The first-order valence-corrected chi connectivity index (χ1v) is 12.4. The maximum absolute atomic E-state index is 12.6. The number of ether oxygens (including phenoxy) is 2. The van der Waals surface area contributed by atoms with Gasteiger partial charge in [-0.1, -0.05) is 42.3 Å². The zero-order valence-electron chi connectivity index (χ0n) is 17.8. The summed E-state index contributed by atoms with van der Waals surface area (Å²) in [6, 6.07) is 10.5. The molecule has 1 saturated heterocycles. The molecule has 2 aromatic rings. The zero-order valence-corrected chi connectivity index (χ0v) is 21.7. The van der Waals surface area contributed by atoms with Crippen LogP contribution in [0.4, 0.5) is 4.79 Å². The van der Waals surface area contributed by atoms with E-state index in [1.165, 1.54) is 0 Å². The van der Waals surface area contributed by atoms with Crippen LogP contribution in [0.3, 0.4) is 0 Å². The lowest BCUT2D eigenvalue weighted by molar-refractivity contribution is -0.150. The summed E-state index contributed by atoms with van der Waals surface area (Å²) in [4.78, 5) is 38.0. The molecule has 1 atom stereocenters. The number of benzene rings is 2. The van der Waals surface area contributed by atoms with Crippen molar-refractivity contribution >= 4 is 74.1 Å². The Kier molecular flexibility index (Phi) is 8.87. The fourth-order valence-electron chi connectivity index (χ4n) is 2.78. The molecule has 2 aromatic carbocycles. The summed E-state index contributed by atoms with van der Waals surface area (Å²) in [5.41, 5.74) is 1.48. The van der Waals surface area contributed by atoms with Crippen molar-refractivity contribution in [1.29, 1.82) is 0 Å². The summed E-state index contributed by atoms with van der Waals surface area (Å²) in [6.07, 6.45) is 1.96. The summed E-state index contributed by atoms with van der Waals surface area (Å²) < 4.78 is 11.7. The van der Waals surface area contributed by atoms with Gasteiger partial charge < -0.3 is 9.47 Å². The van der Waals surface area contributed by atoms with E-state index in [0.717, 1.165) is 22.2 Å². The molecular weight excluding hydrogens is 553 g/mol. The molecule has 1 heterocycles. The van der Waals surface area contributed by atoms with E-state index in [0.29, 0.717) is 32.3 Å². The first-order valence-electron chi connectivity index (χ1n) is 9.99.